The molecule has 1 heterocycles. The number of fused-ring (bicyclic) bond motifs is 1. The van der Waals surface area contributed by atoms with Gasteiger partial charge < -0.3 is 25.1 Å². The summed E-state index contributed by atoms with van der Waals surface area (Å²) < 4.78 is 5.34. The summed E-state index contributed by atoms with van der Waals surface area (Å²) in [6.07, 6.45) is 15.4. The third kappa shape index (κ3) is 7.37. The fourth-order valence-electron chi connectivity index (χ4n) is 4.19. The second-order valence-corrected chi connectivity index (χ2v) is 8.70. The summed E-state index contributed by atoms with van der Waals surface area (Å²) in [5.74, 6) is -1.38. The van der Waals surface area contributed by atoms with Gasteiger partial charge in [-0.05, 0) is 56.2 Å². The number of ether oxygens (including phenoxy) is 1. The molecule has 2 aliphatic rings. The van der Waals surface area contributed by atoms with Gasteiger partial charge in [-0.2, -0.15) is 0 Å². The quantitative estimate of drug-likeness (QED) is 0.344. The molecule has 184 valence electrons. The summed E-state index contributed by atoms with van der Waals surface area (Å²) in [5, 5.41) is 27.8. The molecule has 3 N–H and O–H groups in total. The smallest absolute Gasteiger partial charge is 0.342 e. The molecule has 1 aromatic carbocycles. The molecule has 0 radical (unpaired) electrons. The van der Waals surface area contributed by atoms with Gasteiger partial charge in [0.2, 0.25) is 0 Å². The van der Waals surface area contributed by atoms with Gasteiger partial charge in [0.1, 0.15) is 17.1 Å². The molecule has 1 fully saturated rings. The minimum atomic E-state index is -0.669. The minimum absolute atomic E-state index is 0.00696. The Labute approximate surface area is 200 Å². The van der Waals surface area contributed by atoms with Crippen molar-refractivity contribution in [2.45, 2.75) is 70.8 Å². The Kier molecular flexibility index (Phi) is 9.55. The van der Waals surface area contributed by atoms with Crippen LogP contribution < -0.4 is 5.32 Å². The molecule has 0 aromatic heterocycles. The molecule has 1 aliphatic heterocycles. The van der Waals surface area contributed by atoms with E-state index in [0.29, 0.717) is 23.3 Å². The van der Waals surface area contributed by atoms with Crippen LogP contribution in [0.4, 0.5) is 0 Å². The number of nitrogens with one attached hydrogen (secondary N) is 1. The highest BCUT2D eigenvalue weighted by Crippen LogP contribution is 2.33. The highest BCUT2D eigenvalue weighted by atomic mass is 16.6. The summed E-state index contributed by atoms with van der Waals surface area (Å²) in [6, 6.07) is 1.32. The lowest BCUT2D eigenvalue weighted by Crippen LogP contribution is -2.38. The fraction of sp³-hybridized carbons (Fsp3) is 0.500. The first-order chi connectivity index (χ1) is 16.5. The fourth-order valence-corrected chi connectivity index (χ4v) is 4.19. The van der Waals surface area contributed by atoms with Gasteiger partial charge in [-0.25, -0.2) is 4.79 Å². The standard InChI is InChI=1S/C26H34N2O6/c1-18-21-15-20(28-34-17-24(31)27-19-11-8-6-9-12-19)13-7-4-2-3-5-10-14-33-26(32)25(21)23(30)16-22(18)29/h3,5,7,13,16,19,29-30H,2,4,6,8-12,14-15,17H2,1H3,(H,27,31)/b5-3+,13-7+,28-20+. The molecule has 8 heteroatoms. The molecular weight excluding hydrogens is 436 g/mol. The molecule has 0 atom stereocenters. The first-order valence-electron chi connectivity index (χ1n) is 12.0. The first-order valence-corrected chi connectivity index (χ1v) is 12.0. The van der Waals surface area contributed by atoms with E-state index in [4.69, 9.17) is 9.57 Å². The summed E-state index contributed by atoms with van der Waals surface area (Å²) in [7, 11) is 0. The van der Waals surface area contributed by atoms with Crippen molar-refractivity contribution in [3.8, 4) is 11.5 Å². The number of phenols is 2. The largest absolute Gasteiger partial charge is 0.508 e. The lowest BCUT2D eigenvalue weighted by molar-refractivity contribution is -0.126. The number of rotatable bonds is 4. The van der Waals surface area contributed by atoms with E-state index in [0.717, 1.165) is 44.6 Å². The first kappa shape index (κ1) is 25.3. The summed E-state index contributed by atoms with van der Waals surface area (Å²) in [6.45, 7) is 1.63. The Hall–Kier alpha value is -3.29. The second-order valence-electron chi connectivity index (χ2n) is 8.70. The number of aromatic hydroxyl groups is 2. The van der Waals surface area contributed by atoms with Crippen LogP contribution in [0.15, 0.2) is 35.5 Å². The average Bonchev–Trinajstić information content (AvgIpc) is 2.81. The van der Waals surface area contributed by atoms with E-state index in [2.05, 4.69) is 10.5 Å². The zero-order valence-corrected chi connectivity index (χ0v) is 19.7. The van der Waals surface area contributed by atoms with Crippen molar-refractivity contribution in [3.05, 3.63) is 47.1 Å². The van der Waals surface area contributed by atoms with Crippen LogP contribution in [0, 0.1) is 6.92 Å². The SMILES string of the molecule is Cc1c(O)cc(O)c2c1CC(=N/OCC(=O)NC1CCCCC1)/C=C/CC/C=C/CCOC2=O. The Bertz CT molecular complexity index is 961. The third-order valence-corrected chi connectivity index (χ3v) is 6.07. The van der Waals surface area contributed by atoms with E-state index >= 15 is 0 Å². The number of carbonyl (C=O) groups is 2. The molecular formula is C26H34N2O6. The van der Waals surface area contributed by atoms with Gasteiger partial charge >= 0.3 is 5.97 Å². The minimum Gasteiger partial charge on any atom is -0.508 e. The van der Waals surface area contributed by atoms with Gasteiger partial charge in [-0.1, -0.05) is 42.6 Å². The van der Waals surface area contributed by atoms with Gasteiger partial charge in [0, 0.05) is 18.5 Å². The number of phenolic OH excluding ortho intramolecular Hbond substituents is 2. The number of allylic oxidation sites excluding steroid dienone is 3. The number of oxime groups is 1. The molecule has 0 bridgehead atoms. The van der Waals surface area contributed by atoms with E-state index in [9.17, 15) is 19.8 Å². The molecule has 1 saturated carbocycles. The highest BCUT2D eigenvalue weighted by Gasteiger charge is 2.23. The number of hydrogen-bond donors (Lipinski definition) is 3. The molecule has 0 spiro atoms. The van der Waals surface area contributed by atoms with Crippen LogP contribution in [0.2, 0.25) is 0 Å². The summed E-state index contributed by atoms with van der Waals surface area (Å²) in [4.78, 5) is 30.3. The van der Waals surface area contributed by atoms with Crippen LogP contribution in [0.5, 0.6) is 11.5 Å². The van der Waals surface area contributed by atoms with Crippen LogP contribution in [0.25, 0.3) is 0 Å². The third-order valence-electron chi connectivity index (χ3n) is 6.07. The van der Waals surface area contributed by atoms with Gasteiger partial charge in [-0.3, -0.25) is 4.79 Å². The maximum absolute atomic E-state index is 12.7. The molecule has 1 amide bonds. The number of amides is 1. The number of cyclic esters (lactones) is 1. The molecule has 0 unspecified atom stereocenters. The van der Waals surface area contributed by atoms with E-state index in [1.165, 1.54) is 6.42 Å². The normalized spacial score (nSPS) is 21.1. The van der Waals surface area contributed by atoms with Crippen LogP contribution in [-0.4, -0.2) is 47.1 Å². The number of carbonyl (C=O) groups excluding carboxylic acids is 2. The highest BCUT2D eigenvalue weighted by molar-refractivity contribution is 6.01. The van der Waals surface area contributed by atoms with Crippen molar-refractivity contribution in [3.63, 3.8) is 0 Å². The van der Waals surface area contributed by atoms with Crippen molar-refractivity contribution >= 4 is 17.6 Å². The molecule has 1 aromatic rings. The lowest BCUT2D eigenvalue weighted by Gasteiger charge is -2.22. The predicted molar refractivity (Wildman–Crippen MR) is 129 cm³/mol. The van der Waals surface area contributed by atoms with E-state index < -0.39 is 5.97 Å². The van der Waals surface area contributed by atoms with Crippen LogP contribution in [0.1, 0.15) is 72.9 Å². The van der Waals surface area contributed by atoms with Crippen molar-refractivity contribution in [2.75, 3.05) is 13.2 Å². The number of benzene rings is 1. The lowest BCUT2D eigenvalue weighted by atomic mass is 9.94. The number of esters is 1. The number of nitrogens with zero attached hydrogens (tertiary/aromatic N) is 1. The predicted octanol–water partition coefficient (Wildman–Crippen LogP) is 4.22. The maximum atomic E-state index is 12.7. The Morgan fingerprint density at radius 1 is 1.12 bits per heavy atom. The maximum Gasteiger partial charge on any atom is 0.342 e. The Balaban J connectivity index is 1.80. The van der Waals surface area contributed by atoms with Crippen molar-refractivity contribution in [1.29, 1.82) is 0 Å². The van der Waals surface area contributed by atoms with Crippen molar-refractivity contribution < 1.29 is 29.4 Å². The molecule has 3 rings (SSSR count). The molecule has 0 saturated heterocycles. The van der Waals surface area contributed by atoms with E-state index in [1.54, 1.807) is 13.0 Å². The molecule has 1 aliphatic carbocycles. The van der Waals surface area contributed by atoms with Crippen LogP contribution in [0.3, 0.4) is 0 Å². The van der Waals surface area contributed by atoms with E-state index in [1.807, 2.05) is 18.2 Å². The number of hydrogen-bond acceptors (Lipinski definition) is 7. The topological polar surface area (TPSA) is 117 Å². The van der Waals surface area contributed by atoms with Gasteiger partial charge in [0.15, 0.2) is 6.61 Å². The van der Waals surface area contributed by atoms with Crippen LogP contribution >= 0.6 is 0 Å². The zero-order chi connectivity index (χ0) is 24.3. The van der Waals surface area contributed by atoms with E-state index in [-0.39, 0.29) is 48.6 Å². The zero-order valence-electron chi connectivity index (χ0n) is 19.7. The van der Waals surface area contributed by atoms with Crippen LogP contribution in [-0.2, 0) is 20.8 Å². The van der Waals surface area contributed by atoms with Crippen molar-refractivity contribution in [2.24, 2.45) is 5.16 Å². The van der Waals surface area contributed by atoms with Gasteiger partial charge in [0.25, 0.3) is 5.91 Å². The monoisotopic (exact) mass is 470 g/mol. The Morgan fingerprint density at radius 3 is 2.65 bits per heavy atom. The molecule has 8 nitrogen and oxygen atoms in total. The van der Waals surface area contributed by atoms with Gasteiger partial charge in [-0.15, -0.1) is 0 Å². The summed E-state index contributed by atoms with van der Waals surface area (Å²) in [5.41, 5.74) is 1.28. The summed E-state index contributed by atoms with van der Waals surface area (Å²) >= 11 is 0. The Morgan fingerprint density at radius 2 is 1.85 bits per heavy atom. The second kappa shape index (κ2) is 12.8. The van der Waals surface area contributed by atoms with Crippen molar-refractivity contribution in [1.82, 2.24) is 5.32 Å². The average molecular weight is 471 g/mol. The molecule has 34 heavy (non-hydrogen) atoms. The van der Waals surface area contributed by atoms with Gasteiger partial charge in [0.05, 0.1) is 12.3 Å².